The van der Waals surface area contributed by atoms with Crippen molar-refractivity contribution in [3.05, 3.63) is 109 Å². The summed E-state index contributed by atoms with van der Waals surface area (Å²) in [5.41, 5.74) is 4.79. The molecular formula is C28H20N4O2S. The number of anilines is 3. The third-order valence-electron chi connectivity index (χ3n) is 5.88. The van der Waals surface area contributed by atoms with Crippen LogP contribution in [0.1, 0.15) is 0 Å². The number of nitrogens with zero attached hydrogens (tertiary/aromatic N) is 2. The van der Waals surface area contributed by atoms with Crippen LogP contribution in [0, 0.1) is 0 Å². The molecule has 0 aliphatic heterocycles. The van der Waals surface area contributed by atoms with Gasteiger partial charge in [0.15, 0.2) is 0 Å². The number of nitrogens with one attached hydrogen (secondary N) is 2. The van der Waals surface area contributed by atoms with E-state index in [0.717, 1.165) is 44.1 Å². The minimum absolute atomic E-state index is 0.220. The molecule has 2 heterocycles. The Morgan fingerprint density at radius 3 is 2.20 bits per heavy atom. The molecule has 0 aliphatic carbocycles. The Bertz CT molecular complexity index is 1800. The summed E-state index contributed by atoms with van der Waals surface area (Å²) in [5, 5.41) is 6.51. The standard InChI is InChI=1S/C28H20N4O2S/c33-35(34,22-8-2-1-3-9-22)32-21-15-13-20(14-16-21)30-27-23-10-4-5-11-25(23)31-28-24(27)17-12-19-7-6-18-29-26(19)28/h1-18,32H,(H,30,31). The third kappa shape index (κ3) is 3.92. The normalized spacial score (nSPS) is 11.7. The summed E-state index contributed by atoms with van der Waals surface area (Å²) in [5.74, 6) is 0. The molecule has 0 radical (unpaired) electrons. The number of aromatic nitrogens is 2. The average molecular weight is 477 g/mol. The highest BCUT2D eigenvalue weighted by Crippen LogP contribution is 2.36. The monoisotopic (exact) mass is 476 g/mol. The summed E-state index contributed by atoms with van der Waals surface area (Å²) in [6.45, 7) is 0. The molecule has 0 spiro atoms. The summed E-state index contributed by atoms with van der Waals surface area (Å²) in [6, 6.07) is 31.5. The maximum atomic E-state index is 12.6. The highest BCUT2D eigenvalue weighted by Gasteiger charge is 2.15. The van der Waals surface area contributed by atoms with Crippen molar-refractivity contribution in [3.63, 3.8) is 0 Å². The minimum atomic E-state index is -3.65. The van der Waals surface area contributed by atoms with Gasteiger partial charge in [0, 0.05) is 33.7 Å². The van der Waals surface area contributed by atoms with E-state index in [-0.39, 0.29) is 4.90 Å². The van der Waals surface area contributed by atoms with Crippen LogP contribution < -0.4 is 10.0 Å². The summed E-state index contributed by atoms with van der Waals surface area (Å²) in [4.78, 5) is 9.71. The lowest BCUT2D eigenvalue weighted by Crippen LogP contribution is -2.12. The Balaban J connectivity index is 1.39. The highest BCUT2D eigenvalue weighted by molar-refractivity contribution is 7.92. The van der Waals surface area contributed by atoms with Gasteiger partial charge in [-0.1, -0.05) is 48.5 Å². The van der Waals surface area contributed by atoms with Crippen molar-refractivity contribution in [2.45, 2.75) is 4.90 Å². The molecule has 35 heavy (non-hydrogen) atoms. The number of hydrogen-bond donors (Lipinski definition) is 2. The van der Waals surface area contributed by atoms with Crippen molar-refractivity contribution < 1.29 is 8.42 Å². The summed E-state index contributed by atoms with van der Waals surface area (Å²) in [6.07, 6.45) is 1.78. The van der Waals surface area contributed by atoms with Crippen LogP contribution in [0.3, 0.4) is 0 Å². The van der Waals surface area contributed by atoms with Gasteiger partial charge in [-0.15, -0.1) is 0 Å². The second-order valence-corrected chi connectivity index (χ2v) is 9.84. The molecule has 0 saturated carbocycles. The van der Waals surface area contributed by atoms with Gasteiger partial charge in [0.05, 0.1) is 27.1 Å². The van der Waals surface area contributed by atoms with E-state index in [1.807, 2.05) is 54.6 Å². The van der Waals surface area contributed by atoms with Crippen molar-refractivity contribution in [2.75, 3.05) is 10.0 Å². The molecule has 0 amide bonds. The second kappa shape index (κ2) is 8.38. The Hall–Kier alpha value is -4.49. The first-order valence-corrected chi connectivity index (χ1v) is 12.6. The maximum Gasteiger partial charge on any atom is 0.261 e. The Labute approximate surface area is 202 Å². The number of para-hydroxylation sites is 1. The molecule has 0 bridgehead atoms. The number of fused-ring (bicyclic) bond motifs is 4. The number of pyridine rings is 2. The van der Waals surface area contributed by atoms with E-state index >= 15 is 0 Å². The van der Waals surface area contributed by atoms with E-state index in [2.05, 4.69) is 21.1 Å². The van der Waals surface area contributed by atoms with Gasteiger partial charge in [-0.25, -0.2) is 13.4 Å². The molecule has 0 atom stereocenters. The number of rotatable bonds is 5. The first-order valence-electron chi connectivity index (χ1n) is 11.1. The van der Waals surface area contributed by atoms with E-state index in [9.17, 15) is 8.42 Å². The predicted octanol–water partition coefficient (Wildman–Crippen LogP) is 6.48. The van der Waals surface area contributed by atoms with E-state index < -0.39 is 10.0 Å². The quantitative estimate of drug-likeness (QED) is 0.220. The molecule has 0 aliphatic rings. The van der Waals surface area contributed by atoms with E-state index in [1.165, 1.54) is 0 Å². The van der Waals surface area contributed by atoms with Crippen molar-refractivity contribution in [1.82, 2.24) is 9.97 Å². The molecule has 2 aromatic heterocycles. The van der Waals surface area contributed by atoms with Crippen LogP contribution in [0.25, 0.3) is 32.7 Å². The second-order valence-electron chi connectivity index (χ2n) is 8.16. The zero-order valence-corrected chi connectivity index (χ0v) is 19.3. The van der Waals surface area contributed by atoms with Crippen LogP contribution in [-0.2, 0) is 10.0 Å². The van der Waals surface area contributed by atoms with Crippen molar-refractivity contribution in [2.24, 2.45) is 0 Å². The molecule has 7 heteroatoms. The van der Waals surface area contributed by atoms with Crippen LogP contribution in [0.15, 0.2) is 114 Å². The maximum absolute atomic E-state index is 12.6. The van der Waals surface area contributed by atoms with Crippen molar-refractivity contribution >= 4 is 59.8 Å². The largest absolute Gasteiger partial charge is 0.354 e. The molecular weight excluding hydrogens is 456 g/mol. The molecule has 2 N–H and O–H groups in total. The molecule has 6 aromatic rings. The average Bonchev–Trinajstić information content (AvgIpc) is 2.90. The zero-order chi connectivity index (χ0) is 23.8. The Kier molecular flexibility index (Phi) is 5.04. The van der Waals surface area contributed by atoms with E-state index in [1.54, 1.807) is 48.7 Å². The van der Waals surface area contributed by atoms with Gasteiger partial charge in [-0.3, -0.25) is 9.71 Å². The predicted molar refractivity (Wildman–Crippen MR) is 142 cm³/mol. The highest BCUT2D eigenvalue weighted by atomic mass is 32.2. The topological polar surface area (TPSA) is 84.0 Å². The number of sulfonamides is 1. The number of benzene rings is 4. The van der Waals surface area contributed by atoms with E-state index in [4.69, 9.17) is 4.98 Å². The Morgan fingerprint density at radius 1 is 0.629 bits per heavy atom. The number of hydrogen-bond acceptors (Lipinski definition) is 5. The molecule has 0 fully saturated rings. The van der Waals surface area contributed by atoms with Gasteiger partial charge in [-0.05, 0) is 54.6 Å². The van der Waals surface area contributed by atoms with Crippen LogP contribution in [0.4, 0.5) is 17.1 Å². The van der Waals surface area contributed by atoms with Gasteiger partial charge < -0.3 is 5.32 Å². The van der Waals surface area contributed by atoms with Gasteiger partial charge in [-0.2, -0.15) is 0 Å². The summed E-state index contributed by atoms with van der Waals surface area (Å²) in [7, 11) is -3.65. The minimum Gasteiger partial charge on any atom is -0.354 e. The molecule has 0 unspecified atom stereocenters. The molecule has 170 valence electrons. The van der Waals surface area contributed by atoms with Crippen LogP contribution in [0.2, 0.25) is 0 Å². The molecule has 6 rings (SSSR count). The summed E-state index contributed by atoms with van der Waals surface area (Å²) >= 11 is 0. The van der Waals surface area contributed by atoms with Crippen LogP contribution >= 0.6 is 0 Å². The van der Waals surface area contributed by atoms with Crippen LogP contribution in [0.5, 0.6) is 0 Å². The zero-order valence-electron chi connectivity index (χ0n) is 18.5. The summed E-state index contributed by atoms with van der Waals surface area (Å²) < 4.78 is 27.9. The fourth-order valence-electron chi connectivity index (χ4n) is 4.21. The lowest BCUT2D eigenvalue weighted by atomic mass is 10.0. The van der Waals surface area contributed by atoms with Crippen LogP contribution in [-0.4, -0.2) is 18.4 Å². The van der Waals surface area contributed by atoms with Crippen molar-refractivity contribution in [3.8, 4) is 0 Å². The fourth-order valence-corrected chi connectivity index (χ4v) is 5.29. The molecule has 6 nitrogen and oxygen atoms in total. The van der Waals surface area contributed by atoms with Gasteiger partial charge >= 0.3 is 0 Å². The SMILES string of the molecule is O=S(=O)(Nc1ccc(Nc2c3ccccc3nc3c2ccc2cccnc23)cc1)c1ccccc1. The van der Waals surface area contributed by atoms with E-state index in [0.29, 0.717) is 5.69 Å². The first-order chi connectivity index (χ1) is 17.1. The van der Waals surface area contributed by atoms with Gasteiger partial charge in [0.25, 0.3) is 10.0 Å². The molecule has 0 saturated heterocycles. The lowest BCUT2D eigenvalue weighted by molar-refractivity contribution is 0.601. The Morgan fingerprint density at radius 2 is 1.37 bits per heavy atom. The lowest BCUT2D eigenvalue weighted by Gasteiger charge is -2.15. The molecule has 4 aromatic carbocycles. The van der Waals surface area contributed by atoms with Crippen molar-refractivity contribution in [1.29, 1.82) is 0 Å². The fraction of sp³-hybridized carbons (Fsp3) is 0. The van der Waals surface area contributed by atoms with Gasteiger partial charge in [0.1, 0.15) is 0 Å². The smallest absolute Gasteiger partial charge is 0.261 e. The third-order valence-corrected chi connectivity index (χ3v) is 7.28. The van der Waals surface area contributed by atoms with Gasteiger partial charge in [0.2, 0.25) is 0 Å². The first kappa shape index (κ1) is 21.1.